The van der Waals surface area contributed by atoms with Crippen LogP contribution in [0.4, 0.5) is 18.9 Å². The van der Waals surface area contributed by atoms with Gasteiger partial charge in [-0.1, -0.05) is 34.6 Å². The van der Waals surface area contributed by atoms with Crippen molar-refractivity contribution in [2.75, 3.05) is 5.32 Å². The number of alkyl halides is 2. The summed E-state index contributed by atoms with van der Waals surface area (Å²) < 4.78 is 41.7. The largest absolute Gasteiger partial charge is 0.322 e. The van der Waals surface area contributed by atoms with E-state index in [1.165, 1.54) is 30.1 Å². The fourth-order valence-electron chi connectivity index (χ4n) is 3.90. The van der Waals surface area contributed by atoms with Crippen LogP contribution in [0.1, 0.15) is 80.6 Å². The van der Waals surface area contributed by atoms with Crippen LogP contribution < -0.4 is 5.32 Å². The Labute approximate surface area is 157 Å². The molecule has 0 saturated carbocycles. The molecule has 0 spiro atoms. The summed E-state index contributed by atoms with van der Waals surface area (Å²) >= 11 is 0. The molecule has 0 radical (unpaired) electrons. The zero-order valence-corrected chi connectivity index (χ0v) is 16.5. The van der Waals surface area contributed by atoms with E-state index in [4.69, 9.17) is 0 Å². The number of rotatable bonds is 3. The van der Waals surface area contributed by atoms with Crippen LogP contribution in [0.2, 0.25) is 0 Å². The molecule has 1 aliphatic rings. The Balaban J connectivity index is 0.00000126. The molecule has 1 atom stereocenters. The highest BCUT2D eigenvalue weighted by Crippen LogP contribution is 2.49. The van der Waals surface area contributed by atoms with Crippen molar-refractivity contribution in [3.05, 3.63) is 46.5 Å². The van der Waals surface area contributed by atoms with Gasteiger partial charge >= 0.3 is 0 Å². The first-order valence-electron chi connectivity index (χ1n) is 9.07. The molecular weight excluding hydrogens is 355 g/mol. The van der Waals surface area contributed by atoms with Crippen molar-refractivity contribution >= 4 is 11.6 Å². The van der Waals surface area contributed by atoms with Gasteiger partial charge in [0.2, 0.25) is 0 Å². The molecule has 0 aliphatic heterocycles. The maximum Gasteiger partial charge on any atom is 0.282 e. The van der Waals surface area contributed by atoms with Gasteiger partial charge in [-0.25, -0.2) is 13.2 Å². The minimum Gasteiger partial charge on any atom is -0.322 e. The lowest BCUT2D eigenvalue weighted by Gasteiger charge is -2.20. The van der Waals surface area contributed by atoms with E-state index in [9.17, 15) is 18.0 Å². The van der Waals surface area contributed by atoms with Crippen LogP contribution in [-0.2, 0) is 12.5 Å². The molecule has 0 fully saturated rings. The van der Waals surface area contributed by atoms with Crippen molar-refractivity contribution in [2.24, 2.45) is 7.05 Å². The second-order valence-corrected chi connectivity index (χ2v) is 7.23. The van der Waals surface area contributed by atoms with Crippen LogP contribution in [0, 0.1) is 5.82 Å². The Morgan fingerprint density at radius 2 is 1.96 bits per heavy atom. The number of aromatic nitrogens is 2. The quantitative estimate of drug-likeness (QED) is 0.757. The van der Waals surface area contributed by atoms with Crippen LogP contribution in [0.5, 0.6) is 0 Å². The third kappa shape index (κ3) is 3.87. The average Bonchev–Trinajstić information content (AvgIpc) is 3.10. The summed E-state index contributed by atoms with van der Waals surface area (Å²) in [4.78, 5) is 12.5. The molecule has 1 aliphatic carbocycles. The van der Waals surface area contributed by atoms with E-state index in [1.54, 1.807) is 0 Å². The van der Waals surface area contributed by atoms with Gasteiger partial charge in [0, 0.05) is 18.9 Å². The number of benzene rings is 1. The Morgan fingerprint density at radius 3 is 2.56 bits per heavy atom. The number of amides is 1. The molecule has 3 rings (SSSR count). The zero-order valence-electron chi connectivity index (χ0n) is 16.5. The fourth-order valence-corrected chi connectivity index (χ4v) is 3.90. The SMILES string of the molecule is CC.CC1CC(C)(C)c2c(F)ccc(NC(=O)c3cn(C)nc3C(F)F)c21. The van der Waals surface area contributed by atoms with E-state index < -0.39 is 18.0 Å². The van der Waals surface area contributed by atoms with Crippen molar-refractivity contribution in [3.63, 3.8) is 0 Å². The highest BCUT2D eigenvalue weighted by Gasteiger charge is 2.39. The van der Waals surface area contributed by atoms with Crippen LogP contribution in [-0.4, -0.2) is 15.7 Å². The average molecular weight is 381 g/mol. The van der Waals surface area contributed by atoms with Crippen molar-refractivity contribution in [1.82, 2.24) is 9.78 Å². The number of hydrogen-bond donors (Lipinski definition) is 1. The lowest BCUT2D eigenvalue weighted by Crippen LogP contribution is -2.17. The predicted octanol–water partition coefficient (Wildman–Crippen LogP) is 5.56. The summed E-state index contributed by atoms with van der Waals surface area (Å²) in [6, 6.07) is 2.80. The predicted molar refractivity (Wildman–Crippen MR) is 99.9 cm³/mol. The standard InChI is InChI=1S/C18H20F3N3O.C2H6/c1-9-7-18(2,3)14-11(19)5-6-12(13(9)14)22-17(25)10-8-24(4)23-15(10)16(20)21;1-2/h5-6,8-9,16H,7H2,1-4H3,(H,22,25);1-2H3. The minimum atomic E-state index is -2.85. The first-order chi connectivity index (χ1) is 12.6. The van der Waals surface area contributed by atoms with Gasteiger partial charge < -0.3 is 5.32 Å². The Hall–Kier alpha value is -2.31. The van der Waals surface area contributed by atoms with E-state index >= 15 is 0 Å². The lowest BCUT2D eigenvalue weighted by atomic mass is 9.85. The summed E-state index contributed by atoms with van der Waals surface area (Å²) in [5.74, 6) is -0.925. The maximum atomic E-state index is 14.3. The number of anilines is 1. The van der Waals surface area contributed by atoms with Crippen molar-refractivity contribution < 1.29 is 18.0 Å². The van der Waals surface area contributed by atoms with Crippen LogP contribution in [0.3, 0.4) is 0 Å². The molecule has 1 N–H and O–H groups in total. The van der Waals surface area contributed by atoms with Crippen LogP contribution >= 0.6 is 0 Å². The molecule has 1 unspecified atom stereocenters. The molecule has 1 aromatic heterocycles. The van der Waals surface area contributed by atoms with Gasteiger partial charge in [-0.3, -0.25) is 9.48 Å². The number of hydrogen-bond acceptors (Lipinski definition) is 2. The molecule has 1 amide bonds. The van der Waals surface area contributed by atoms with Crippen molar-refractivity contribution in [3.8, 4) is 0 Å². The normalized spacial score (nSPS) is 17.3. The third-order valence-corrected chi connectivity index (χ3v) is 4.74. The summed E-state index contributed by atoms with van der Waals surface area (Å²) in [6.07, 6.45) is -0.839. The molecule has 0 saturated heterocycles. The van der Waals surface area contributed by atoms with Crippen molar-refractivity contribution in [2.45, 2.75) is 58.8 Å². The zero-order chi connectivity index (χ0) is 20.5. The summed E-state index contributed by atoms with van der Waals surface area (Å²) in [5.41, 5.74) is 0.692. The molecule has 1 aromatic carbocycles. The van der Waals surface area contributed by atoms with E-state index in [0.29, 0.717) is 11.3 Å². The van der Waals surface area contributed by atoms with Crippen LogP contribution in [0.15, 0.2) is 18.3 Å². The Bertz CT molecular complexity index is 843. The van der Waals surface area contributed by atoms with Gasteiger partial charge in [-0.15, -0.1) is 0 Å². The molecule has 148 valence electrons. The van der Waals surface area contributed by atoms with Gasteiger partial charge in [0.25, 0.3) is 12.3 Å². The summed E-state index contributed by atoms with van der Waals surface area (Å²) in [7, 11) is 1.48. The van der Waals surface area contributed by atoms with Gasteiger partial charge in [0.05, 0.1) is 5.56 Å². The number of fused-ring (bicyclic) bond motifs is 1. The number of nitrogens with zero attached hydrogens (tertiary/aromatic N) is 2. The van der Waals surface area contributed by atoms with E-state index in [1.807, 2.05) is 34.6 Å². The molecule has 4 nitrogen and oxygen atoms in total. The Morgan fingerprint density at radius 1 is 1.33 bits per heavy atom. The van der Waals surface area contributed by atoms with Crippen LogP contribution in [0.25, 0.3) is 0 Å². The first kappa shape index (κ1) is 21.0. The van der Waals surface area contributed by atoms with Gasteiger partial charge in [-0.05, 0) is 41.0 Å². The molecule has 2 aromatic rings. The Kier molecular flexibility index (Phi) is 6.02. The second kappa shape index (κ2) is 7.74. The monoisotopic (exact) mass is 381 g/mol. The highest BCUT2D eigenvalue weighted by molar-refractivity contribution is 6.05. The minimum absolute atomic E-state index is 0.0551. The topological polar surface area (TPSA) is 46.9 Å². The maximum absolute atomic E-state index is 14.3. The summed E-state index contributed by atoms with van der Waals surface area (Å²) in [6.45, 7) is 9.89. The number of carbonyl (C=O) groups is 1. The number of halogens is 3. The lowest BCUT2D eigenvalue weighted by molar-refractivity contribution is 0.101. The van der Waals surface area contributed by atoms with E-state index in [-0.39, 0.29) is 22.7 Å². The highest BCUT2D eigenvalue weighted by atomic mass is 19.3. The van der Waals surface area contributed by atoms with E-state index in [2.05, 4.69) is 10.4 Å². The van der Waals surface area contributed by atoms with E-state index in [0.717, 1.165) is 12.0 Å². The number of carbonyl (C=O) groups excluding carboxylic acids is 1. The smallest absolute Gasteiger partial charge is 0.282 e. The molecule has 7 heteroatoms. The van der Waals surface area contributed by atoms with Gasteiger partial charge in [-0.2, -0.15) is 5.10 Å². The first-order valence-corrected chi connectivity index (χ1v) is 9.07. The number of aryl methyl sites for hydroxylation is 1. The molecule has 1 heterocycles. The molecular formula is C20H26F3N3O. The molecule has 27 heavy (non-hydrogen) atoms. The molecule has 0 bridgehead atoms. The third-order valence-electron chi connectivity index (χ3n) is 4.74. The summed E-state index contributed by atoms with van der Waals surface area (Å²) in [5, 5.41) is 6.31. The van der Waals surface area contributed by atoms with Crippen molar-refractivity contribution in [1.29, 1.82) is 0 Å². The second-order valence-electron chi connectivity index (χ2n) is 7.23. The van der Waals surface area contributed by atoms with Gasteiger partial charge in [0.15, 0.2) is 0 Å². The fraction of sp³-hybridized carbons (Fsp3) is 0.500. The number of nitrogens with one attached hydrogen (secondary N) is 1. The van der Waals surface area contributed by atoms with Gasteiger partial charge in [0.1, 0.15) is 11.5 Å².